The fourth-order valence-corrected chi connectivity index (χ4v) is 1.36. The average molecular weight is 208 g/mol. The van der Waals surface area contributed by atoms with Crippen molar-refractivity contribution in [3.63, 3.8) is 0 Å². The van der Waals surface area contributed by atoms with Gasteiger partial charge in [0.15, 0.2) is 0 Å². The van der Waals surface area contributed by atoms with Gasteiger partial charge in [0, 0.05) is 6.54 Å². The van der Waals surface area contributed by atoms with Crippen molar-refractivity contribution < 1.29 is 9.53 Å². The first kappa shape index (κ1) is 11.4. The lowest BCUT2D eigenvalue weighted by molar-refractivity contribution is -0.138. The van der Waals surface area contributed by atoms with Gasteiger partial charge in [0.1, 0.15) is 6.54 Å². The van der Waals surface area contributed by atoms with Gasteiger partial charge in [-0.15, -0.1) is 0 Å². The van der Waals surface area contributed by atoms with E-state index in [1.807, 2.05) is 36.1 Å². The zero-order valence-corrected chi connectivity index (χ0v) is 9.06. The molecule has 0 heterocycles. The second kappa shape index (κ2) is 5.24. The van der Waals surface area contributed by atoms with E-state index in [2.05, 4.69) is 4.74 Å². The monoisotopic (exact) mass is 208 g/mol. The van der Waals surface area contributed by atoms with Crippen LogP contribution in [0.2, 0.25) is 0 Å². The maximum absolute atomic E-state index is 11.2. The lowest BCUT2D eigenvalue weighted by Gasteiger charge is -2.22. The number of hydrogen-bond donors (Lipinski definition) is 1. The van der Waals surface area contributed by atoms with Crippen LogP contribution in [-0.4, -0.2) is 26.2 Å². The Bertz CT molecular complexity index is 339. The third-order valence-electron chi connectivity index (χ3n) is 2.21. The van der Waals surface area contributed by atoms with Crippen LogP contribution in [0.15, 0.2) is 24.3 Å². The number of likely N-dealkylation sites (N-methyl/N-ethyl adjacent to an activating group) is 1. The highest BCUT2D eigenvalue weighted by atomic mass is 16.5. The van der Waals surface area contributed by atoms with Crippen LogP contribution in [0.25, 0.3) is 0 Å². The molecule has 0 spiro atoms. The van der Waals surface area contributed by atoms with E-state index in [1.54, 1.807) is 0 Å². The molecule has 0 fully saturated rings. The van der Waals surface area contributed by atoms with E-state index in [0.717, 1.165) is 5.69 Å². The Balaban J connectivity index is 2.83. The lowest BCUT2D eigenvalue weighted by Crippen LogP contribution is -2.30. The normalized spacial score (nSPS) is 9.73. The molecular formula is C11H16N2O2. The minimum absolute atomic E-state index is 0.223. The molecule has 0 aliphatic carbocycles. The van der Waals surface area contributed by atoms with E-state index < -0.39 is 0 Å². The van der Waals surface area contributed by atoms with E-state index in [0.29, 0.717) is 12.2 Å². The lowest BCUT2D eigenvalue weighted by atomic mass is 10.2. The Morgan fingerprint density at radius 2 is 2.13 bits per heavy atom. The molecule has 0 unspecified atom stereocenters. The first-order valence-electron chi connectivity index (χ1n) is 4.85. The summed E-state index contributed by atoms with van der Waals surface area (Å²) in [6.45, 7) is 2.90. The summed E-state index contributed by atoms with van der Waals surface area (Å²) < 4.78 is 4.62. The molecule has 0 radical (unpaired) electrons. The van der Waals surface area contributed by atoms with Gasteiger partial charge in [-0.25, -0.2) is 0 Å². The average Bonchev–Trinajstić information content (AvgIpc) is 2.26. The molecule has 0 atom stereocenters. The van der Waals surface area contributed by atoms with Crippen LogP contribution in [0.3, 0.4) is 0 Å². The quantitative estimate of drug-likeness (QED) is 0.598. The van der Waals surface area contributed by atoms with Crippen molar-refractivity contribution in [2.45, 2.75) is 6.92 Å². The van der Waals surface area contributed by atoms with E-state index in [4.69, 9.17) is 5.73 Å². The van der Waals surface area contributed by atoms with Crippen LogP contribution in [0.4, 0.5) is 11.4 Å². The Morgan fingerprint density at radius 1 is 1.47 bits per heavy atom. The topological polar surface area (TPSA) is 55.6 Å². The van der Waals surface area contributed by atoms with Crippen LogP contribution in [0.1, 0.15) is 6.92 Å². The van der Waals surface area contributed by atoms with Crippen molar-refractivity contribution in [2.75, 3.05) is 30.8 Å². The summed E-state index contributed by atoms with van der Waals surface area (Å²) >= 11 is 0. The smallest absolute Gasteiger partial charge is 0.325 e. The number of methoxy groups -OCH3 is 1. The molecule has 0 bridgehead atoms. The molecule has 0 amide bonds. The first-order chi connectivity index (χ1) is 7.19. The van der Waals surface area contributed by atoms with Crippen molar-refractivity contribution in [1.29, 1.82) is 0 Å². The minimum atomic E-state index is -0.264. The van der Waals surface area contributed by atoms with Crippen molar-refractivity contribution in [3.05, 3.63) is 24.3 Å². The van der Waals surface area contributed by atoms with Crippen LogP contribution >= 0.6 is 0 Å². The number of nitrogens with zero attached hydrogens (tertiary/aromatic N) is 1. The summed E-state index contributed by atoms with van der Waals surface area (Å²) in [5.41, 5.74) is 7.36. The van der Waals surface area contributed by atoms with Gasteiger partial charge < -0.3 is 15.4 Å². The Morgan fingerprint density at radius 3 is 2.67 bits per heavy atom. The number of para-hydroxylation sites is 2. The molecule has 1 aromatic carbocycles. The minimum Gasteiger partial charge on any atom is -0.468 e. The molecule has 15 heavy (non-hydrogen) atoms. The van der Waals surface area contributed by atoms with Gasteiger partial charge in [0.2, 0.25) is 0 Å². The SMILES string of the molecule is CCN(CC(=O)OC)c1ccccc1N. The zero-order chi connectivity index (χ0) is 11.3. The summed E-state index contributed by atoms with van der Waals surface area (Å²) in [4.78, 5) is 13.0. The van der Waals surface area contributed by atoms with Crippen molar-refractivity contribution in [3.8, 4) is 0 Å². The number of nitrogens with two attached hydrogens (primary N) is 1. The Hall–Kier alpha value is -1.71. The van der Waals surface area contributed by atoms with E-state index in [-0.39, 0.29) is 12.5 Å². The number of hydrogen-bond acceptors (Lipinski definition) is 4. The number of carbonyl (C=O) groups is 1. The van der Waals surface area contributed by atoms with Gasteiger partial charge in [0.25, 0.3) is 0 Å². The molecular weight excluding hydrogens is 192 g/mol. The molecule has 4 heteroatoms. The molecule has 0 aliphatic heterocycles. The number of anilines is 2. The van der Waals surface area contributed by atoms with Gasteiger partial charge in [-0.1, -0.05) is 12.1 Å². The van der Waals surface area contributed by atoms with Crippen molar-refractivity contribution >= 4 is 17.3 Å². The number of nitrogen functional groups attached to an aromatic ring is 1. The Kier molecular flexibility index (Phi) is 3.97. The van der Waals surface area contributed by atoms with Crippen LogP contribution in [0, 0.1) is 0 Å². The van der Waals surface area contributed by atoms with Crippen LogP contribution < -0.4 is 10.6 Å². The second-order valence-corrected chi connectivity index (χ2v) is 3.15. The van der Waals surface area contributed by atoms with Crippen LogP contribution in [0.5, 0.6) is 0 Å². The highest BCUT2D eigenvalue weighted by Crippen LogP contribution is 2.21. The van der Waals surface area contributed by atoms with Gasteiger partial charge >= 0.3 is 5.97 Å². The van der Waals surface area contributed by atoms with Crippen LogP contribution in [-0.2, 0) is 9.53 Å². The fourth-order valence-electron chi connectivity index (χ4n) is 1.36. The molecule has 1 aromatic rings. The van der Waals surface area contributed by atoms with E-state index >= 15 is 0 Å². The first-order valence-corrected chi connectivity index (χ1v) is 4.85. The maximum atomic E-state index is 11.2. The Labute approximate surface area is 89.6 Å². The largest absolute Gasteiger partial charge is 0.468 e. The number of benzene rings is 1. The highest BCUT2D eigenvalue weighted by Gasteiger charge is 2.11. The standard InChI is InChI=1S/C11H16N2O2/c1-3-13(8-11(14)15-2)10-7-5-4-6-9(10)12/h4-7H,3,8,12H2,1-2H3. The fraction of sp³-hybridized carbons (Fsp3) is 0.364. The van der Waals surface area contributed by atoms with E-state index in [1.165, 1.54) is 7.11 Å². The molecule has 0 aromatic heterocycles. The second-order valence-electron chi connectivity index (χ2n) is 3.15. The summed E-state index contributed by atoms with van der Waals surface area (Å²) in [7, 11) is 1.38. The molecule has 0 aliphatic rings. The predicted molar refractivity (Wildman–Crippen MR) is 60.8 cm³/mol. The number of esters is 1. The summed E-state index contributed by atoms with van der Waals surface area (Å²) in [5, 5.41) is 0. The molecule has 0 saturated heterocycles. The summed E-state index contributed by atoms with van der Waals surface area (Å²) in [5.74, 6) is -0.264. The van der Waals surface area contributed by atoms with Gasteiger partial charge in [-0.05, 0) is 19.1 Å². The molecule has 1 rings (SSSR count). The van der Waals surface area contributed by atoms with E-state index in [9.17, 15) is 4.79 Å². The summed E-state index contributed by atoms with van der Waals surface area (Å²) in [6, 6.07) is 7.47. The van der Waals surface area contributed by atoms with Gasteiger partial charge in [-0.3, -0.25) is 4.79 Å². The molecule has 0 saturated carbocycles. The highest BCUT2D eigenvalue weighted by molar-refractivity contribution is 5.78. The number of ether oxygens (including phenoxy) is 1. The maximum Gasteiger partial charge on any atom is 0.325 e. The third-order valence-corrected chi connectivity index (χ3v) is 2.21. The number of rotatable bonds is 4. The van der Waals surface area contributed by atoms with Gasteiger partial charge in [-0.2, -0.15) is 0 Å². The third kappa shape index (κ3) is 2.87. The van der Waals surface area contributed by atoms with Gasteiger partial charge in [0.05, 0.1) is 18.5 Å². The zero-order valence-electron chi connectivity index (χ0n) is 9.06. The molecule has 82 valence electrons. The molecule has 4 nitrogen and oxygen atoms in total. The van der Waals surface area contributed by atoms with Crippen molar-refractivity contribution in [1.82, 2.24) is 0 Å². The predicted octanol–water partition coefficient (Wildman–Crippen LogP) is 1.27. The molecule has 2 N–H and O–H groups in total. The van der Waals surface area contributed by atoms with Crippen molar-refractivity contribution in [2.24, 2.45) is 0 Å². The number of carbonyl (C=O) groups excluding carboxylic acids is 1. The summed E-state index contributed by atoms with van der Waals surface area (Å²) in [6.07, 6.45) is 0.